The van der Waals surface area contributed by atoms with Crippen molar-refractivity contribution < 1.29 is 8.42 Å². The fraction of sp³-hybridized carbons (Fsp3) is 0.625. The minimum Gasteiger partial charge on any atom is -0.223 e. The highest BCUT2D eigenvalue weighted by Gasteiger charge is 2.18. The quantitative estimate of drug-likeness (QED) is 0.701. The molecule has 1 rings (SSSR count). The predicted octanol–water partition coefficient (Wildman–Crippen LogP) is 4.24. The van der Waals surface area contributed by atoms with Crippen LogP contribution in [0.2, 0.25) is 0 Å². The average molecular weight is 282 g/mol. The molecule has 0 amide bonds. The van der Waals surface area contributed by atoms with Crippen molar-refractivity contribution in [2.75, 3.05) is 0 Å². The van der Waals surface area contributed by atoms with E-state index in [-0.39, 0.29) is 5.25 Å². The minimum absolute atomic E-state index is 0.358. The summed E-state index contributed by atoms with van der Waals surface area (Å²) in [5, 5.41) is -0.358. The third-order valence-electron chi connectivity index (χ3n) is 3.34. The maximum absolute atomic E-state index is 12.1. The normalized spacial score (nSPS) is 12.3. The fourth-order valence-corrected chi connectivity index (χ4v) is 3.16. The number of benzene rings is 1. The van der Waals surface area contributed by atoms with E-state index in [0.29, 0.717) is 4.90 Å². The zero-order chi connectivity index (χ0) is 14.5. The number of sulfone groups is 1. The molecule has 0 aromatic heterocycles. The van der Waals surface area contributed by atoms with Gasteiger partial charge >= 0.3 is 0 Å². The summed E-state index contributed by atoms with van der Waals surface area (Å²) in [6.07, 6.45) is 4.54. The summed E-state index contributed by atoms with van der Waals surface area (Å²) in [5.74, 6) is 0.743. The molecule has 2 nitrogen and oxygen atoms in total. The number of hydrogen-bond acceptors (Lipinski definition) is 2. The summed E-state index contributed by atoms with van der Waals surface area (Å²) in [5.41, 5.74) is 1.13. The Labute approximate surface area is 118 Å². The van der Waals surface area contributed by atoms with E-state index in [0.717, 1.165) is 24.3 Å². The van der Waals surface area contributed by atoms with E-state index in [4.69, 9.17) is 0 Å². The zero-order valence-electron chi connectivity index (χ0n) is 12.5. The van der Waals surface area contributed by atoms with Gasteiger partial charge in [0, 0.05) is 0 Å². The van der Waals surface area contributed by atoms with Crippen molar-refractivity contribution in [1.82, 2.24) is 0 Å². The van der Waals surface area contributed by atoms with E-state index in [9.17, 15) is 8.42 Å². The summed E-state index contributed by atoms with van der Waals surface area (Å²) in [4.78, 5) is 0.462. The summed E-state index contributed by atoms with van der Waals surface area (Å²) in [7, 11) is -3.14. The second-order valence-corrected chi connectivity index (χ2v) is 8.39. The molecule has 0 heterocycles. The van der Waals surface area contributed by atoms with E-state index in [1.807, 2.05) is 18.2 Å². The van der Waals surface area contributed by atoms with Crippen LogP contribution in [0.3, 0.4) is 0 Å². The van der Waals surface area contributed by atoms with Crippen molar-refractivity contribution in [2.45, 2.75) is 63.5 Å². The van der Waals surface area contributed by atoms with Crippen LogP contribution in [0.5, 0.6) is 0 Å². The van der Waals surface area contributed by atoms with Crippen LogP contribution in [-0.4, -0.2) is 13.7 Å². The van der Waals surface area contributed by atoms with Gasteiger partial charge in [0.1, 0.15) is 0 Å². The summed E-state index contributed by atoms with van der Waals surface area (Å²) >= 11 is 0. The lowest BCUT2D eigenvalue weighted by Gasteiger charge is -2.10. The zero-order valence-corrected chi connectivity index (χ0v) is 13.3. The maximum atomic E-state index is 12.1. The van der Waals surface area contributed by atoms with Crippen molar-refractivity contribution in [3.05, 3.63) is 29.8 Å². The predicted molar refractivity (Wildman–Crippen MR) is 81.2 cm³/mol. The van der Waals surface area contributed by atoms with Gasteiger partial charge in [-0.05, 0) is 50.3 Å². The molecule has 0 atom stereocenters. The highest BCUT2D eigenvalue weighted by Crippen LogP contribution is 2.19. The number of rotatable bonds is 7. The molecule has 0 aliphatic heterocycles. The van der Waals surface area contributed by atoms with Crippen molar-refractivity contribution in [3.8, 4) is 0 Å². The largest absolute Gasteiger partial charge is 0.223 e. The Morgan fingerprint density at radius 2 is 1.74 bits per heavy atom. The van der Waals surface area contributed by atoms with Crippen LogP contribution in [0.4, 0.5) is 0 Å². The molecule has 0 saturated heterocycles. The molecule has 0 N–H and O–H groups in total. The molecule has 0 bridgehead atoms. The summed E-state index contributed by atoms with van der Waals surface area (Å²) in [6, 6.07) is 7.42. The van der Waals surface area contributed by atoms with Crippen LogP contribution in [0, 0.1) is 5.92 Å². The summed E-state index contributed by atoms with van der Waals surface area (Å²) < 4.78 is 24.2. The van der Waals surface area contributed by atoms with Crippen LogP contribution < -0.4 is 0 Å². The lowest BCUT2D eigenvalue weighted by atomic mass is 10.0. The molecule has 0 radical (unpaired) electrons. The van der Waals surface area contributed by atoms with E-state index >= 15 is 0 Å². The molecule has 3 heteroatoms. The highest BCUT2D eigenvalue weighted by atomic mass is 32.2. The van der Waals surface area contributed by atoms with Crippen LogP contribution in [0.1, 0.15) is 52.5 Å². The third kappa shape index (κ3) is 4.98. The second kappa shape index (κ2) is 7.09. The summed E-state index contributed by atoms with van der Waals surface area (Å²) in [6.45, 7) is 7.92. The monoisotopic (exact) mass is 282 g/mol. The van der Waals surface area contributed by atoms with Gasteiger partial charge in [-0.3, -0.25) is 0 Å². The van der Waals surface area contributed by atoms with Gasteiger partial charge in [0.2, 0.25) is 0 Å². The Kier molecular flexibility index (Phi) is 6.05. The van der Waals surface area contributed by atoms with Crippen LogP contribution >= 0.6 is 0 Å². The minimum atomic E-state index is -3.14. The van der Waals surface area contributed by atoms with E-state index in [1.165, 1.54) is 12.8 Å². The molecule has 0 aliphatic rings. The van der Waals surface area contributed by atoms with Gasteiger partial charge in [0.05, 0.1) is 10.1 Å². The molecule has 0 saturated carbocycles. The molecule has 0 spiro atoms. The van der Waals surface area contributed by atoms with Gasteiger partial charge < -0.3 is 0 Å². The smallest absolute Gasteiger partial charge is 0.180 e. The van der Waals surface area contributed by atoms with Crippen LogP contribution in [0.25, 0.3) is 0 Å². The second-order valence-electron chi connectivity index (χ2n) is 5.88. The standard InChI is InChI=1S/C16H26O2S/c1-13(2)8-5-6-9-15-10-7-11-16(12-15)19(17,18)14(3)4/h7,10-14H,5-6,8-9H2,1-4H3. The Morgan fingerprint density at radius 3 is 2.32 bits per heavy atom. The maximum Gasteiger partial charge on any atom is 0.180 e. The number of hydrogen-bond donors (Lipinski definition) is 0. The molecule has 0 fully saturated rings. The highest BCUT2D eigenvalue weighted by molar-refractivity contribution is 7.92. The SMILES string of the molecule is CC(C)CCCCc1cccc(S(=O)(=O)C(C)C)c1. The van der Waals surface area contributed by atoms with Gasteiger partial charge in [0.15, 0.2) is 9.84 Å². The molecule has 0 unspecified atom stereocenters. The average Bonchev–Trinajstić information content (AvgIpc) is 2.34. The molecule has 108 valence electrons. The van der Waals surface area contributed by atoms with Gasteiger partial charge in [-0.25, -0.2) is 8.42 Å². The topological polar surface area (TPSA) is 34.1 Å². The molecule has 19 heavy (non-hydrogen) atoms. The first-order valence-electron chi connectivity index (χ1n) is 7.17. The van der Waals surface area contributed by atoms with E-state index in [2.05, 4.69) is 13.8 Å². The number of unbranched alkanes of at least 4 members (excludes halogenated alkanes) is 1. The van der Waals surface area contributed by atoms with Gasteiger partial charge in [-0.1, -0.05) is 38.8 Å². The van der Waals surface area contributed by atoms with Crippen molar-refractivity contribution in [2.24, 2.45) is 5.92 Å². The molecule has 1 aromatic carbocycles. The number of aryl methyl sites for hydroxylation is 1. The Morgan fingerprint density at radius 1 is 1.05 bits per heavy atom. The molecular formula is C16H26O2S. The Hall–Kier alpha value is -0.830. The first-order chi connectivity index (χ1) is 8.84. The van der Waals surface area contributed by atoms with Crippen molar-refractivity contribution >= 4 is 9.84 Å². The first-order valence-corrected chi connectivity index (χ1v) is 8.71. The first kappa shape index (κ1) is 16.2. The van der Waals surface area contributed by atoms with Crippen LogP contribution in [0.15, 0.2) is 29.2 Å². The van der Waals surface area contributed by atoms with E-state index < -0.39 is 9.84 Å². The van der Waals surface area contributed by atoms with Gasteiger partial charge in [-0.2, -0.15) is 0 Å². The van der Waals surface area contributed by atoms with E-state index in [1.54, 1.807) is 19.9 Å². The molecule has 0 aliphatic carbocycles. The lowest BCUT2D eigenvalue weighted by Crippen LogP contribution is -2.14. The van der Waals surface area contributed by atoms with Crippen molar-refractivity contribution in [1.29, 1.82) is 0 Å². The van der Waals surface area contributed by atoms with Gasteiger partial charge in [0.25, 0.3) is 0 Å². The fourth-order valence-electron chi connectivity index (χ4n) is 2.03. The Bertz CT molecular complexity index is 487. The molecule has 1 aromatic rings. The van der Waals surface area contributed by atoms with Gasteiger partial charge in [-0.15, -0.1) is 0 Å². The van der Waals surface area contributed by atoms with Crippen molar-refractivity contribution in [3.63, 3.8) is 0 Å². The molecular weight excluding hydrogens is 256 g/mol. The van der Waals surface area contributed by atoms with Crippen LogP contribution in [-0.2, 0) is 16.3 Å². The third-order valence-corrected chi connectivity index (χ3v) is 5.50. The lowest BCUT2D eigenvalue weighted by molar-refractivity contribution is 0.538. The Balaban J connectivity index is 2.68.